The number of rotatable bonds is 7. The number of halogens is 1. The highest BCUT2D eigenvalue weighted by Crippen LogP contribution is 2.26. The smallest absolute Gasteiger partial charge is 0.163 e. The number of methoxy groups -OCH3 is 1. The van der Waals surface area contributed by atoms with Gasteiger partial charge in [-0.25, -0.2) is 0 Å². The Labute approximate surface area is 155 Å². The van der Waals surface area contributed by atoms with Gasteiger partial charge in [-0.05, 0) is 59.7 Å². The number of allylic oxidation sites excluding steroid dienone is 2. The molecule has 0 aliphatic rings. The van der Waals surface area contributed by atoms with Crippen LogP contribution in [0.5, 0.6) is 17.2 Å². The molecule has 2 N–H and O–H groups in total. The molecule has 2 aromatic rings. The number of phenolic OH excluding ortho intramolecular Hbond substituents is 2. The number of carbonyl (C=O) groups is 2. The Morgan fingerprint density at radius 3 is 2.38 bits per heavy atom. The van der Waals surface area contributed by atoms with E-state index in [-0.39, 0.29) is 29.5 Å². The standard InChI is InChI=1S/C20H17ClO5/c1-26-20-10-13(3-9-19(20)25)2-6-15(22)11-16(23)7-4-14-5-8-17(24)12-18(14)21/h2-10,12,24-25H,11H2,1H3/b6-2+,7-4+. The topological polar surface area (TPSA) is 83.8 Å². The van der Waals surface area contributed by atoms with Gasteiger partial charge in [-0.3, -0.25) is 9.59 Å². The first kappa shape index (κ1) is 19.3. The summed E-state index contributed by atoms with van der Waals surface area (Å²) >= 11 is 5.94. The molecule has 0 aromatic heterocycles. The third kappa shape index (κ3) is 5.50. The molecule has 134 valence electrons. The monoisotopic (exact) mass is 372 g/mol. The summed E-state index contributed by atoms with van der Waals surface area (Å²) in [5.74, 6) is -0.395. The minimum Gasteiger partial charge on any atom is -0.508 e. The van der Waals surface area contributed by atoms with Crippen LogP contribution < -0.4 is 4.74 Å². The second-order valence-electron chi connectivity index (χ2n) is 5.41. The molecule has 0 radical (unpaired) electrons. The Kier molecular flexibility index (Phi) is 6.58. The molecule has 5 nitrogen and oxygen atoms in total. The van der Waals surface area contributed by atoms with Gasteiger partial charge in [-0.2, -0.15) is 0 Å². The van der Waals surface area contributed by atoms with Gasteiger partial charge in [0.15, 0.2) is 23.1 Å². The molecule has 26 heavy (non-hydrogen) atoms. The van der Waals surface area contributed by atoms with Crippen molar-refractivity contribution in [2.75, 3.05) is 7.11 Å². The Hall–Kier alpha value is -3.05. The fraction of sp³-hybridized carbons (Fsp3) is 0.100. The van der Waals surface area contributed by atoms with Crippen LogP contribution in [0.1, 0.15) is 17.5 Å². The highest BCUT2D eigenvalue weighted by Gasteiger charge is 2.05. The maximum absolute atomic E-state index is 11.9. The average molecular weight is 373 g/mol. The molecule has 0 saturated heterocycles. The van der Waals surface area contributed by atoms with Gasteiger partial charge in [0.1, 0.15) is 5.75 Å². The van der Waals surface area contributed by atoms with Crippen LogP contribution in [0.25, 0.3) is 12.2 Å². The fourth-order valence-corrected chi connectivity index (χ4v) is 2.35. The van der Waals surface area contributed by atoms with E-state index in [4.69, 9.17) is 16.3 Å². The minimum absolute atomic E-state index is 0.00387. The summed E-state index contributed by atoms with van der Waals surface area (Å²) in [4.78, 5) is 23.8. The summed E-state index contributed by atoms with van der Waals surface area (Å²) in [6.45, 7) is 0. The van der Waals surface area contributed by atoms with E-state index < -0.39 is 0 Å². The van der Waals surface area contributed by atoms with Crippen molar-refractivity contribution >= 4 is 35.3 Å². The van der Waals surface area contributed by atoms with Crippen LogP contribution in [-0.4, -0.2) is 28.9 Å². The number of phenols is 2. The lowest BCUT2D eigenvalue weighted by Crippen LogP contribution is -2.01. The Bertz CT molecular complexity index is 884. The van der Waals surface area contributed by atoms with Gasteiger partial charge >= 0.3 is 0 Å². The molecule has 0 atom stereocenters. The van der Waals surface area contributed by atoms with E-state index in [0.29, 0.717) is 21.9 Å². The first-order chi connectivity index (χ1) is 12.4. The Morgan fingerprint density at radius 1 is 1.04 bits per heavy atom. The Balaban J connectivity index is 1.96. The van der Waals surface area contributed by atoms with Crippen LogP contribution in [0.3, 0.4) is 0 Å². The van der Waals surface area contributed by atoms with Crippen LogP contribution in [0.2, 0.25) is 5.02 Å². The second-order valence-corrected chi connectivity index (χ2v) is 5.82. The van der Waals surface area contributed by atoms with Crippen LogP contribution >= 0.6 is 11.6 Å². The van der Waals surface area contributed by atoms with Gasteiger partial charge in [-0.15, -0.1) is 0 Å². The molecular formula is C20H17ClO5. The van der Waals surface area contributed by atoms with Crippen LogP contribution in [0.4, 0.5) is 0 Å². The van der Waals surface area contributed by atoms with E-state index in [1.165, 1.54) is 49.6 Å². The fourth-order valence-electron chi connectivity index (χ4n) is 2.11. The zero-order valence-electron chi connectivity index (χ0n) is 14.0. The van der Waals surface area contributed by atoms with Gasteiger partial charge < -0.3 is 14.9 Å². The molecule has 2 rings (SSSR count). The molecule has 0 saturated carbocycles. The van der Waals surface area contributed by atoms with Crippen molar-refractivity contribution in [3.63, 3.8) is 0 Å². The molecule has 0 spiro atoms. The maximum atomic E-state index is 11.9. The summed E-state index contributed by atoms with van der Waals surface area (Å²) < 4.78 is 4.99. The molecule has 0 aliphatic heterocycles. The van der Waals surface area contributed by atoms with Crippen molar-refractivity contribution in [1.29, 1.82) is 0 Å². The number of aromatic hydroxyl groups is 2. The van der Waals surface area contributed by atoms with E-state index in [1.54, 1.807) is 18.2 Å². The van der Waals surface area contributed by atoms with Crippen molar-refractivity contribution in [2.45, 2.75) is 6.42 Å². The van der Waals surface area contributed by atoms with E-state index in [0.717, 1.165) is 0 Å². The van der Waals surface area contributed by atoms with Crippen LogP contribution in [0.15, 0.2) is 48.6 Å². The van der Waals surface area contributed by atoms with Gasteiger partial charge in [0, 0.05) is 0 Å². The third-order valence-electron chi connectivity index (χ3n) is 3.45. The highest BCUT2D eigenvalue weighted by molar-refractivity contribution is 6.32. The summed E-state index contributed by atoms with van der Waals surface area (Å²) in [5, 5.41) is 19.1. The number of ether oxygens (including phenoxy) is 1. The molecule has 0 amide bonds. The first-order valence-corrected chi connectivity index (χ1v) is 8.04. The highest BCUT2D eigenvalue weighted by atomic mass is 35.5. The van der Waals surface area contributed by atoms with Gasteiger partial charge in [0.25, 0.3) is 0 Å². The molecule has 0 heterocycles. The molecular weight excluding hydrogens is 356 g/mol. The summed E-state index contributed by atoms with van der Waals surface area (Å²) in [7, 11) is 1.43. The van der Waals surface area contributed by atoms with Crippen molar-refractivity contribution in [2.24, 2.45) is 0 Å². The van der Waals surface area contributed by atoms with Crippen molar-refractivity contribution in [1.82, 2.24) is 0 Å². The largest absolute Gasteiger partial charge is 0.508 e. The second kappa shape index (κ2) is 8.87. The summed E-state index contributed by atoms with van der Waals surface area (Å²) in [6, 6.07) is 9.05. The number of benzene rings is 2. The summed E-state index contributed by atoms with van der Waals surface area (Å²) in [5.41, 5.74) is 1.23. The molecule has 6 heteroatoms. The zero-order valence-corrected chi connectivity index (χ0v) is 14.7. The van der Waals surface area contributed by atoms with Crippen molar-refractivity contribution < 1.29 is 24.5 Å². The molecule has 0 bridgehead atoms. The van der Waals surface area contributed by atoms with Gasteiger partial charge in [0.05, 0.1) is 18.6 Å². The molecule has 0 aliphatic carbocycles. The minimum atomic E-state index is -0.368. The third-order valence-corrected chi connectivity index (χ3v) is 3.77. The SMILES string of the molecule is COc1cc(/C=C/C(=O)CC(=O)/C=C/c2ccc(O)cc2Cl)ccc1O. The van der Waals surface area contributed by atoms with E-state index >= 15 is 0 Å². The first-order valence-electron chi connectivity index (χ1n) is 7.66. The summed E-state index contributed by atoms with van der Waals surface area (Å²) in [6.07, 6.45) is 5.32. The normalized spacial score (nSPS) is 11.2. The van der Waals surface area contributed by atoms with Gasteiger partial charge in [0.2, 0.25) is 0 Å². The van der Waals surface area contributed by atoms with Gasteiger partial charge in [-0.1, -0.05) is 23.7 Å². The molecule has 2 aromatic carbocycles. The zero-order chi connectivity index (χ0) is 19.1. The predicted octanol–water partition coefficient (Wildman–Crippen LogP) is 4.01. The van der Waals surface area contributed by atoms with Crippen molar-refractivity contribution in [3.05, 3.63) is 64.7 Å². The van der Waals surface area contributed by atoms with Crippen LogP contribution in [0, 0.1) is 0 Å². The average Bonchev–Trinajstić information content (AvgIpc) is 2.60. The maximum Gasteiger partial charge on any atom is 0.163 e. The van der Waals surface area contributed by atoms with Crippen molar-refractivity contribution in [3.8, 4) is 17.2 Å². The number of hydrogen-bond donors (Lipinski definition) is 2. The number of hydrogen-bond acceptors (Lipinski definition) is 5. The van der Waals surface area contributed by atoms with E-state index in [1.807, 2.05) is 0 Å². The van der Waals surface area contributed by atoms with Crippen LogP contribution in [-0.2, 0) is 9.59 Å². The lowest BCUT2D eigenvalue weighted by Gasteiger charge is -2.03. The molecule has 0 unspecified atom stereocenters. The lowest BCUT2D eigenvalue weighted by atomic mass is 10.1. The number of ketones is 2. The molecule has 0 fully saturated rings. The quantitative estimate of drug-likeness (QED) is 0.566. The Morgan fingerprint density at radius 2 is 1.73 bits per heavy atom. The number of carbonyl (C=O) groups excluding carboxylic acids is 2. The van der Waals surface area contributed by atoms with E-state index in [9.17, 15) is 19.8 Å². The predicted molar refractivity (Wildman–Crippen MR) is 100 cm³/mol. The van der Waals surface area contributed by atoms with E-state index in [2.05, 4.69) is 0 Å². The lowest BCUT2D eigenvalue weighted by molar-refractivity contribution is -0.121.